The fourth-order valence-corrected chi connectivity index (χ4v) is 3.65. The van der Waals surface area contributed by atoms with E-state index in [1.165, 1.54) is 6.42 Å². The third kappa shape index (κ3) is 3.25. The number of hydrogen-bond donors (Lipinski definition) is 2. The van der Waals surface area contributed by atoms with E-state index in [-0.39, 0.29) is 18.0 Å². The first-order valence-electron chi connectivity index (χ1n) is 9.09. The van der Waals surface area contributed by atoms with Crippen molar-refractivity contribution in [3.05, 3.63) is 50.7 Å². The molecule has 1 fully saturated rings. The van der Waals surface area contributed by atoms with E-state index in [4.69, 9.17) is 0 Å². The highest BCUT2D eigenvalue weighted by Gasteiger charge is 2.27. The lowest BCUT2D eigenvalue weighted by Gasteiger charge is -2.27. The number of amides is 1. The number of nitrogens with one attached hydrogen (secondary N) is 2. The van der Waals surface area contributed by atoms with Crippen LogP contribution in [0.5, 0.6) is 0 Å². The van der Waals surface area contributed by atoms with Crippen LogP contribution in [0.2, 0.25) is 0 Å². The van der Waals surface area contributed by atoms with Gasteiger partial charge in [0, 0.05) is 31.0 Å². The van der Waals surface area contributed by atoms with E-state index in [0.717, 1.165) is 48.2 Å². The monoisotopic (exact) mass is 342 g/mol. The second kappa shape index (κ2) is 7.25. The Morgan fingerprint density at radius 3 is 2.68 bits per heavy atom. The predicted octanol–water partition coefficient (Wildman–Crippen LogP) is 2.43. The van der Waals surface area contributed by atoms with Crippen LogP contribution in [0.4, 0.5) is 0 Å². The molecule has 134 valence electrons. The summed E-state index contributed by atoms with van der Waals surface area (Å²) < 4.78 is 2.05. The van der Waals surface area contributed by atoms with Crippen LogP contribution in [0.1, 0.15) is 71.9 Å². The molecule has 6 heteroatoms. The molecule has 2 heterocycles. The summed E-state index contributed by atoms with van der Waals surface area (Å²) in [5.41, 5.74) is 4.06. The van der Waals surface area contributed by atoms with E-state index in [0.29, 0.717) is 11.5 Å². The molecule has 2 N–H and O–H groups in total. The molecule has 25 heavy (non-hydrogen) atoms. The Balaban J connectivity index is 1.81. The summed E-state index contributed by atoms with van der Waals surface area (Å²) in [6.45, 7) is 4.25. The minimum absolute atomic E-state index is 0.112. The van der Waals surface area contributed by atoms with Gasteiger partial charge in [-0.2, -0.15) is 5.10 Å². The number of carbonyl (C=O) groups is 1. The number of aromatic nitrogens is 3. The first kappa shape index (κ1) is 17.5. The highest BCUT2D eigenvalue weighted by Crippen LogP contribution is 2.38. The minimum Gasteiger partial charge on any atom is -0.353 e. The van der Waals surface area contributed by atoms with Gasteiger partial charge in [-0.25, -0.2) is 5.10 Å². The Labute approximate surface area is 147 Å². The zero-order valence-corrected chi connectivity index (χ0v) is 15.2. The maximum atomic E-state index is 12.7. The van der Waals surface area contributed by atoms with E-state index < -0.39 is 0 Å². The zero-order valence-electron chi connectivity index (χ0n) is 15.2. The van der Waals surface area contributed by atoms with Gasteiger partial charge in [0.2, 0.25) is 0 Å². The van der Waals surface area contributed by atoms with Crippen LogP contribution in [0.25, 0.3) is 0 Å². The van der Waals surface area contributed by atoms with Crippen molar-refractivity contribution in [1.82, 2.24) is 20.1 Å². The minimum atomic E-state index is -0.221. The smallest absolute Gasteiger partial charge is 0.269 e. The molecule has 1 aliphatic rings. The Bertz CT molecular complexity index is 830. The summed E-state index contributed by atoms with van der Waals surface area (Å²) in [5.74, 6) is 0.363. The highest BCUT2D eigenvalue weighted by atomic mass is 16.2. The van der Waals surface area contributed by atoms with Crippen molar-refractivity contribution in [2.24, 2.45) is 7.05 Å². The molecule has 3 rings (SSSR count). The van der Waals surface area contributed by atoms with Gasteiger partial charge in [-0.3, -0.25) is 9.59 Å². The maximum Gasteiger partial charge on any atom is 0.269 e. The molecule has 0 aliphatic heterocycles. The molecule has 1 saturated carbocycles. The van der Waals surface area contributed by atoms with Crippen molar-refractivity contribution >= 4 is 5.91 Å². The fourth-order valence-electron chi connectivity index (χ4n) is 3.65. The molecule has 0 bridgehead atoms. The van der Waals surface area contributed by atoms with E-state index in [9.17, 15) is 9.59 Å². The lowest BCUT2D eigenvalue weighted by atomic mass is 9.81. The summed E-state index contributed by atoms with van der Waals surface area (Å²) in [6.07, 6.45) is 6.93. The van der Waals surface area contributed by atoms with Crippen LogP contribution in [-0.2, 0) is 26.4 Å². The van der Waals surface area contributed by atoms with Crippen molar-refractivity contribution in [2.75, 3.05) is 0 Å². The summed E-state index contributed by atoms with van der Waals surface area (Å²) in [4.78, 5) is 24.9. The van der Waals surface area contributed by atoms with E-state index in [2.05, 4.69) is 15.5 Å². The SMILES string of the molecule is CCc1n[nH]c(=O)c(CNC(=O)c2ccn(C)c2C2CCC2)c1CC. The van der Waals surface area contributed by atoms with Crippen molar-refractivity contribution < 1.29 is 4.79 Å². The summed E-state index contributed by atoms with van der Waals surface area (Å²) in [5, 5.41) is 9.61. The van der Waals surface area contributed by atoms with Crippen LogP contribution < -0.4 is 10.9 Å². The van der Waals surface area contributed by atoms with Gasteiger partial charge in [0.15, 0.2) is 0 Å². The van der Waals surface area contributed by atoms with Crippen LogP contribution >= 0.6 is 0 Å². The number of aryl methyl sites for hydroxylation is 2. The molecular formula is C19H26N4O2. The lowest BCUT2D eigenvalue weighted by Crippen LogP contribution is -2.30. The first-order chi connectivity index (χ1) is 12.1. The van der Waals surface area contributed by atoms with Crippen LogP contribution in [-0.4, -0.2) is 20.7 Å². The number of carbonyl (C=O) groups excluding carboxylic acids is 1. The average molecular weight is 342 g/mol. The van der Waals surface area contributed by atoms with Crippen molar-refractivity contribution in [1.29, 1.82) is 0 Å². The average Bonchev–Trinajstić information content (AvgIpc) is 2.93. The predicted molar refractivity (Wildman–Crippen MR) is 96.8 cm³/mol. The van der Waals surface area contributed by atoms with Gasteiger partial charge in [-0.1, -0.05) is 20.3 Å². The number of rotatable bonds is 6. The van der Waals surface area contributed by atoms with Crippen LogP contribution in [0, 0.1) is 0 Å². The molecule has 6 nitrogen and oxygen atoms in total. The first-order valence-corrected chi connectivity index (χ1v) is 9.09. The maximum absolute atomic E-state index is 12.7. The van der Waals surface area contributed by atoms with E-state index >= 15 is 0 Å². The Hall–Kier alpha value is -2.37. The Kier molecular flexibility index (Phi) is 5.06. The molecule has 1 amide bonds. The molecule has 0 atom stereocenters. The normalized spacial score (nSPS) is 14.4. The summed E-state index contributed by atoms with van der Waals surface area (Å²) in [7, 11) is 1.99. The molecule has 0 radical (unpaired) electrons. The van der Waals surface area contributed by atoms with Gasteiger partial charge in [0.1, 0.15) is 0 Å². The van der Waals surface area contributed by atoms with E-state index in [1.54, 1.807) is 0 Å². The van der Waals surface area contributed by atoms with E-state index in [1.807, 2.05) is 37.7 Å². The van der Waals surface area contributed by atoms with Crippen LogP contribution in [0.15, 0.2) is 17.1 Å². The van der Waals surface area contributed by atoms with Crippen molar-refractivity contribution in [3.63, 3.8) is 0 Å². The van der Waals surface area contributed by atoms with Gasteiger partial charge in [-0.05, 0) is 43.2 Å². The number of aromatic amines is 1. The zero-order chi connectivity index (χ0) is 18.0. The Morgan fingerprint density at radius 1 is 1.32 bits per heavy atom. The van der Waals surface area contributed by atoms with Gasteiger partial charge >= 0.3 is 0 Å². The molecule has 2 aromatic heterocycles. The molecule has 0 saturated heterocycles. The van der Waals surface area contributed by atoms with Gasteiger partial charge in [0.25, 0.3) is 11.5 Å². The summed E-state index contributed by atoms with van der Waals surface area (Å²) >= 11 is 0. The fraction of sp³-hybridized carbons (Fsp3) is 0.526. The third-order valence-corrected chi connectivity index (χ3v) is 5.25. The highest BCUT2D eigenvalue weighted by molar-refractivity contribution is 5.95. The standard InChI is InChI=1S/C19H26N4O2/c1-4-13-15(19(25)22-21-16(13)5-2)11-20-18(24)14-9-10-23(3)17(14)12-7-6-8-12/h9-10,12H,4-8,11H2,1-3H3,(H,20,24)(H,22,25). The van der Waals surface area contributed by atoms with Gasteiger partial charge in [0.05, 0.1) is 11.3 Å². The summed E-state index contributed by atoms with van der Waals surface area (Å²) in [6, 6.07) is 1.87. The number of nitrogens with zero attached hydrogens (tertiary/aromatic N) is 2. The second-order valence-corrected chi connectivity index (χ2v) is 6.70. The molecule has 2 aromatic rings. The number of H-pyrrole nitrogens is 1. The number of hydrogen-bond acceptors (Lipinski definition) is 3. The van der Waals surface area contributed by atoms with Crippen molar-refractivity contribution in [3.8, 4) is 0 Å². The molecule has 1 aliphatic carbocycles. The molecule has 0 aromatic carbocycles. The van der Waals surface area contributed by atoms with Crippen LogP contribution in [0.3, 0.4) is 0 Å². The lowest BCUT2D eigenvalue weighted by molar-refractivity contribution is 0.0948. The largest absolute Gasteiger partial charge is 0.353 e. The molecule has 0 spiro atoms. The third-order valence-electron chi connectivity index (χ3n) is 5.25. The van der Waals surface area contributed by atoms with Crippen molar-refractivity contribution in [2.45, 2.75) is 58.4 Å². The van der Waals surface area contributed by atoms with Gasteiger partial charge < -0.3 is 9.88 Å². The van der Waals surface area contributed by atoms with Gasteiger partial charge in [-0.15, -0.1) is 0 Å². The molecule has 0 unspecified atom stereocenters. The second-order valence-electron chi connectivity index (χ2n) is 6.70. The molecular weight excluding hydrogens is 316 g/mol. The quantitative estimate of drug-likeness (QED) is 0.846. The Morgan fingerprint density at radius 2 is 2.08 bits per heavy atom. The topological polar surface area (TPSA) is 79.8 Å².